The molecule has 2 saturated heterocycles. The third-order valence-corrected chi connectivity index (χ3v) is 6.60. The summed E-state index contributed by atoms with van der Waals surface area (Å²) in [6.45, 7) is 7.10. The molecule has 1 aromatic rings. The highest BCUT2D eigenvalue weighted by Gasteiger charge is 2.42. The van der Waals surface area contributed by atoms with E-state index in [1.807, 2.05) is 12.1 Å². The first-order valence-electron chi connectivity index (χ1n) is 9.11. The highest BCUT2D eigenvalue weighted by molar-refractivity contribution is 7.89. The molecule has 3 rings (SSSR count). The number of nitrogens with one attached hydrogen (secondary N) is 2. The van der Waals surface area contributed by atoms with E-state index in [4.69, 9.17) is 9.73 Å². The van der Waals surface area contributed by atoms with Crippen molar-refractivity contribution in [2.24, 2.45) is 10.4 Å². The summed E-state index contributed by atoms with van der Waals surface area (Å²) < 4.78 is 31.5. The first kappa shape index (κ1) is 19.1. The van der Waals surface area contributed by atoms with Gasteiger partial charge in [-0.05, 0) is 44.5 Å². The van der Waals surface area contributed by atoms with E-state index in [1.165, 1.54) is 7.05 Å². The molecule has 2 fully saturated rings. The SMILES string of the molecule is CCNC(=NCc1ccc(S(=O)(=O)NC)cc1)N1CCC2(CCOC2)C1. The first-order valence-corrected chi connectivity index (χ1v) is 10.6. The third-order valence-electron chi connectivity index (χ3n) is 5.17. The normalized spacial score (nSPS) is 23.8. The maximum absolute atomic E-state index is 11.8. The zero-order valence-electron chi connectivity index (χ0n) is 15.5. The first-order chi connectivity index (χ1) is 12.5. The lowest BCUT2D eigenvalue weighted by molar-refractivity contribution is 0.156. The van der Waals surface area contributed by atoms with Crippen molar-refractivity contribution in [2.75, 3.05) is 39.9 Å². The zero-order chi connectivity index (χ0) is 18.6. The molecule has 2 N–H and O–H groups in total. The van der Waals surface area contributed by atoms with Gasteiger partial charge in [-0.3, -0.25) is 0 Å². The van der Waals surface area contributed by atoms with Gasteiger partial charge < -0.3 is 15.0 Å². The van der Waals surface area contributed by atoms with Crippen molar-refractivity contribution in [1.82, 2.24) is 14.9 Å². The van der Waals surface area contributed by atoms with E-state index in [-0.39, 0.29) is 4.90 Å². The Hall–Kier alpha value is -1.64. The summed E-state index contributed by atoms with van der Waals surface area (Å²) in [5.74, 6) is 0.920. The van der Waals surface area contributed by atoms with Crippen LogP contribution in [0.5, 0.6) is 0 Å². The fourth-order valence-corrected chi connectivity index (χ4v) is 4.30. The fourth-order valence-electron chi connectivity index (χ4n) is 3.57. The second-order valence-corrected chi connectivity index (χ2v) is 8.88. The fraction of sp³-hybridized carbons (Fsp3) is 0.611. The molecular formula is C18H28N4O3S. The number of ether oxygens (including phenoxy) is 1. The molecule has 1 atom stereocenters. The van der Waals surface area contributed by atoms with Crippen LogP contribution in [0, 0.1) is 5.41 Å². The maximum atomic E-state index is 11.8. The van der Waals surface area contributed by atoms with Crippen LogP contribution in [0.4, 0.5) is 0 Å². The molecule has 1 spiro atoms. The van der Waals surface area contributed by atoms with E-state index in [1.54, 1.807) is 12.1 Å². The van der Waals surface area contributed by atoms with Gasteiger partial charge in [-0.25, -0.2) is 18.1 Å². The van der Waals surface area contributed by atoms with Crippen LogP contribution in [-0.4, -0.2) is 59.2 Å². The van der Waals surface area contributed by atoms with Crippen LogP contribution in [0.1, 0.15) is 25.3 Å². The van der Waals surface area contributed by atoms with E-state index in [9.17, 15) is 8.42 Å². The molecule has 0 bridgehead atoms. The van der Waals surface area contributed by atoms with E-state index in [0.717, 1.165) is 57.2 Å². The number of hydrogen-bond donors (Lipinski definition) is 2. The molecular weight excluding hydrogens is 352 g/mol. The molecule has 2 aliphatic rings. The minimum Gasteiger partial charge on any atom is -0.381 e. The highest BCUT2D eigenvalue weighted by atomic mass is 32.2. The van der Waals surface area contributed by atoms with Crippen molar-refractivity contribution in [3.63, 3.8) is 0 Å². The summed E-state index contributed by atoms with van der Waals surface area (Å²) in [7, 11) is -1.99. The average Bonchev–Trinajstić information content (AvgIpc) is 3.29. The number of hydrogen-bond acceptors (Lipinski definition) is 4. The highest BCUT2D eigenvalue weighted by Crippen LogP contribution is 2.38. The molecule has 0 aliphatic carbocycles. The molecule has 1 aromatic carbocycles. The number of sulfonamides is 1. The molecule has 144 valence electrons. The Kier molecular flexibility index (Phi) is 5.84. The molecule has 26 heavy (non-hydrogen) atoms. The number of benzene rings is 1. The van der Waals surface area contributed by atoms with Gasteiger partial charge >= 0.3 is 0 Å². The predicted molar refractivity (Wildman–Crippen MR) is 102 cm³/mol. The summed E-state index contributed by atoms with van der Waals surface area (Å²) in [5, 5.41) is 3.38. The van der Waals surface area contributed by atoms with E-state index < -0.39 is 10.0 Å². The standard InChI is InChI=1S/C18H28N4O3S/c1-3-20-17(22-10-8-18(13-22)9-11-25-14-18)21-12-15-4-6-16(7-5-15)26(23,24)19-2/h4-7,19H,3,8-14H2,1-2H3,(H,20,21). The molecule has 1 unspecified atom stereocenters. The summed E-state index contributed by atoms with van der Waals surface area (Å²) in [6.07, 6.45) is 2.28. The molecule has 7 nitrogen and oxygen atoms in total. The van der Waals surface area contributed by atoms with Gasteiger partial charge in [0.25, 0.3) is 0 Å². The molecule has 2 heterocycles. The Balaban J connectivity index is 1.68. The lowest BCUT2D eigenvalue weighted by Gasteiger charge is -2.25. The van der Waals surface area contributed by atoms with Crippen molar-refractivity contribution in [2.45, 2.75) is 31.2 Å². The Morgan fingerprint density at radius 1 is 1.31 bits per heavy atom. The van der Waals surface area contributed by atoms with E-state index >= 15 is 0 Å². The van der Waals surface area contributed by atoms with Crippen molar-refractivity contribution in [1.29, 1.82) is 0 Å². The van der Waals surface area contributed by atoms with Crippen LogP contribution in [0.3, 0.4) is 0 Å². The number of guanidine groups is 1. The van der Waals surface area contributed by atoms with E-state index in [0.29, 0.717) is 12.0 Å². The average molecular weight is 381 g/mol. The molecule has 0 saturated carbocycles. The van der Waals surface area contributed by atoms with Gasteiger partial charge in [-0.1, -0.05) is 12.1 Å². The van der Waals surface area contributed by atoms with Crippen molar-refractivity contribution >= 4 is 16.0 Å². The number of aliphatic imine (C=N–C) groups is 1. The molecule has 2 aliphatic heterocycles. The van der Waals surface area contributed by atoms with Gasteiger partial charge in [0, 0.05) is 31.7 Å². The summed E-state index contributed by atoms with van der Waals surface area (Å²) in [4.78, 5) is 7.34. The van der Waals surface area contributed by atoms with Crippen LogP contribution in [0.15, 0.2) is 34.2 Å². The summed E-state index contributed by atoms with van der Waals surface area (Å²) >= 11 is 0. The molecule has 0 aromatic heterocycles. The summed E-state index contributed by atoms with van der Waals surface area (Å²) in [6, 6.07) is 6.86. The van der Waals surface area contributed by atoms with Gasteiger partial charge in [0.2, 0.25) is 10.0 Å². The molecule has 0 radical (unpaired) electrons. The number of rotatable bonds is 5. The largest absolute Gasteiger partial charge is 0.381 e. The van der Waals surface area contributed by atoms with E-state index in [2.05, 4.69) is 21.9 Å². The number of nitrogens with zero attached hydrogens (tertiary/aromatic N) is 2. The number of likely N-dealkylation sites (tertiary alicyclic amines) is 1. The topological polar surface area (TPSA) is 83.0 Å². The second-order valence-electron chi connectivity index (χ2n) is 7.00. The maximum Gasteiger partial charge on any atom is 0.240 e. The van der Waals surface area contributed by atoms with Crippen LogP contribution in [0.2, 0.25) is 0 Å². The third kappa shape index (κ3) is 4.19. The van der Waals surface area contributed by atoms with Crippen LogP contribution < -0.4 is 10.0 Å². The lowest BCUT2D eigenvalue weighted by atomic mass is 9.87. The van der Waals surface area contributed by atoms with Crippen LogP contribution in [0.25, 0.3) is 0 Å². The van der Waals surface area contributed by atoms with Gasteiger partial charge in [0.05, 0.1) is 18.0 Å². The predicted octanol–water partition coefficient (Wildman–Crippen LogP) is 1.17. The van der Waals surface area contributed by atoms with Gasteiger partial charge in [0.15, 0.2) is 5.96 Å². The Bertz CT molecular complexity index is 740. The van der Waals surface area contributed by atoms with Crippen LogP contribution in [-0.2, 0) is 21.3 Å². The van der Waals surface area contributed by atoms with Crippen molar-refractivity contribution in [3.8, 4) is 0 Å². The Labute approximate surface area is 155 Å². The Morgan fingerprint density at radius 2 is 2.08 bits per heavy atom. The van der Waals surface area contributed by atoms with Gasteiger partial charge in [0.1, 0.15) is 0 Å². The summed E-state index contributed by atoms with van der Waals surface area (Å²) in [5.41, 5.74) is 1.27. The van der Waals surface area contributed by atoms with Crippen molar-refractivity contribution < 1.29 is 13.2 Å². The van der Waals surface area contributed by atoms with Gasteiger partial charge in [-0.2, -0.15) is 0 Å². The van der Waals surface area contributed by atoms with Gasteiger partial charge in [-0.15, -0.1) is 0 Å². The quantitative estimate of drug-likeness (QED) is 0.592. The second kappa shape index (κ2) is 7.94. The smallest absolute Gasteiger partial charge is 0.240 e. The minimum absolute atomic E-state index is 0.266. The van der Waals surface area contributed by atoms with Crippen molar-refractivity contribution in [3.05, 3.63) is 29.8 Å². The zero-order valence-corrected chi connectivity index (χ0v) is 16.3. The Morgan fingerprint density at radius 3 is 2.69 bits per heavy atom. The molecule has 8 heteroatoms. The minimum atomic E-state index is -3.40. The monoisotopic (exact) mass is 380 g/mol. The lowest BCUT2D eigenvalue weighted by Crippen LogP contribution is -2.41. The van der Waals surface area contributed by atoms with Crippen LogP contribution >= 0.6 is 0 Å². The molecule has 0 amide bonds.